The molecule has 1 aromatic carbocycles. The number of benzene rings is 1. The fourth-order valence-electron chi connectivity index (χ4n) is 3.50. The number of hydrogen-bond acceptors (Lipinski definition) is 3. The van der Waals surface area contributed by atoms with Crippen LogP contribution in [-0.2, 0) is 15.8 Å². The Balaban J connectivity index is 1.58. The van der Waals surface area contributed by atoms with Crippen LogP contribution >= 0.6 is 0 Å². The summed E-state index contributed by atoms with van der Waals surface area (Å²) in [7, 11) is 0. The Morgan fingerprint density at radius 1 is 1.19 bits per heavy atom. The molecule has 1 N–H and O–H groups in total. The molecule has 1 unspecified atom stereocenters. The molecule has 2 heterocycles. The smallest absolute Gasteiger partial charge is 0.354 e. The van der Waals surface area contributed by atoms with E-state index in [1.54, 1.807) is 0 Å². The third-order valence-corrected chi connectivity index (χ3v) is 4.93. The van der Waals surface area contributed by atoms with Crippen molar-refractivity contribution in [3.05, 3.63) is 29.8 Å². The second kappa shape index (κ2) is 7.65. The highest BCUT2D eigenvalue weighted by Crippen LogP contribution is 2.33. The highest BCUT2D eigenvalue weighted by Gasteiger charge is 2.38. The Morgan fingerprint density at radius 2 is 1.92 bits per heavy atom. The molecule has 0 bridgehead atoms. The minimum Gasteiger partial charge on any atom is -0.354 e. The summed E-state index contributed by atoms with van der Waals surface area (Å²) < 4.78 is 38.6. The van der Waals surface area contributed by atoms with Crippen LogP contribution in [-0.4, -0.2) is 49.4 Å². The van der Waals surface area contributed by atoms with E-state index >= 15 is 0 Å². The SMILES string of the molecule is O=C(NCCN1CCCC1)C1CCN(c2cccc(C(F)(F)F)c2)C1=O. The van der Waals surface area contributed by atoms with Gasteiger partial charge in [-0.25, -0.2) is 0 Å². The van der Waals surface area contributed by atoms with E-state index in [1.807, 2.05) is 0 Å². The van der Waals surface area contributed by atoms with E-state index in [9.17, 15) is 22.8 Å². The number of nitrogens with one attached hydrogen (secondary N) is 1. The fourth-order valence-corrected chi connectivity index (χ4v) is 3.50. The van der Waals surface area contributed by atoms with Gasteiger partial charge in [-0.1, -0.05) is 6.07 Å². The third kappa shape index (κ3) is 4.17. The van der Waals surface area contributed by atoms with E-state index in [4.69, 9.17) is 0 Å². The standard InChI is InChI=1S/C18H22F3N3O2/c19-18(20,21)13-4-3-5-14(12-13)24-10-6-15(17(24)26)16(25)22-7-11-23-8-1-2-9-23/h3-5,12,15H,1-2,6-11H2,(H,22,25). The van der Waals surface area contributed by atoms with E-state index in [2.05, 4.69) is 10.2 Å². The maximum atomic E-state index is 12.9. The number of halogens is 3. The van der Waals surface area contributed by atoms with Crippen molar-refractivity contribution in [2.75, 3.05) is 37.6 Å². The molecule has 0 spiro atoms. The minimum atomic E-state index is -4.47. The van der Waals surface area contributed by atoms with Crippen molar-refractivity contribution >= 4 is 17.5 Å². The predicted octanol–water partition coefficient (Wildman–Crippen LogP) is 2.27. The van der Waals surface area contributed by atoms with Crippen LogP contribution in [0.1, 0.15) is 24.8 Å². The van der Waals surface area contributed by atoms with Gasteiger partial charge in [-0.05, 0) is 50.6 Å². The Bertz CT molecular complexity index is 672. The van der Waals surface area contributed by atoms with E-state index in [-0.39, 0.29) is 18.1 Å². The molecular formula is C18H22F3N3O2. The van der Waals surface area contributed by atoms with Gasteiger partial charge in [0.15, 0.2) is 0 Å². The lowest BCUT2D eigenvalue weighted by Crippen LogP contribution is -2.40. The second-order valence-corrected chi connectivity index (χ2v) is 6.72. The van der Waals surface area contributed by atoms with Crippen molar-refractivity contribution in [3.63, 3.8) is 0 Å². The number of rotatable bonds is 5. The Kier molecular flexibility index (Phi) is 5.50. The lowest BCUT2D eigenvalue weighted by molar-refractivity contribution is -0.138. The van der Waals surface area contributed by atoms with Gasteiger partial charge in [-0.3, -0.25) is 9.59 Å². The van der Waals surface area contributed by atoms with E-state index < -0.39 is 23.6 Å². The van der Waals surface area contributed by atoms with E-state index in [0.29, 0.717) is 13.0 Å². The molecule has 2 saturated heterocycles. The normalized spacial score (nSPS) is 21.4. The predicted molar refractivity (Wildman–Crippen MR) is 90.6 cm³/mol. The number of anilines is 1. The highest BCUT2D eigenvalue weighted by atomic mass is 19.4. The largest absolute Gasteiger partial charge is 0.416 e. The summed E-state index contributed by atoms with van der Waals surface area (Å²) in [5.74, 6) is -1.62. The molecule has 142 valence electrons. The lowest BCUT2D eigenvalue weighted by Gasteiger charge is -2.19. The van der Waals surface area contributed by atoms with Gasteiger partial charge in [0.1, 0.15) is 5.92 Å². The number of carbonyl (C=O) groups is 2. The summed E-state index contributed by atoms with van der Waals surface area (Å²) in [5, 5.41) is 2.78. The van der Waals surface area contributed by atoms with Crippen LogP contribution in [0, 0.1) is 5.92 Å². The van der Waals surface area contributed by atoms with Gasteiger partial charge in [0.2, 0.25) is 11.8 Å². The van der Waals surface area contributed by atoms with Crippen LogP contribution in [0.25, 0.3) is 0 Å². The summed E-state index contributed by atoms with van der Waals surface area (Å²) in [5.41, 5.74) is -0.626. The summed E-state index contributed by atoms with van der Waals surface area (Å²) in [6.45, 7) is 3.53. The highest BCUT2D eigenvalue weighted by molar-refractivity contribution is 6.09. The number of hydrogen-bond donors (Lipinski definition) is 1. The maximum Gasteiger partial charge on any atom is 0.416 e. The van der Waals surface area contributed by atoms with Crippen molar-refractivity contribution in [1.82, 2.24) is 10.2 Å². The summed E-state index contributed by atoms with van der Waals surface area (Å²) >= 11 is 0. The number of alkyl halides is 3. The molecule has 1 aromatic rings. The van der Waals surface area contributed by atoms with Gasteiger partial charge in [0, 0.05) is 25.3 Å². The molecule has 8 heteroatoms. The zero-order valence-electron chi connectivity index (χ0n) is 14.4. The molecule has 1 atom stereocenters. The summed E-state index contributed by atoms with van der Waals surface area (Å²) in [6, 6.07) is 4.65. The van der Waals surface area contributed by atoms with Crippen LogP contribution in [0.3, 0.4) is 0 Å². The summed E-state index contributed by atoms with van der Waals surface area (Å²) in [4.78, 5) is 28.3. The molecule has 0 aliphatic carbocycles. The molecule has 5 nitrogen and oxygen atoms in total. The molecule has 2 aliphatic heterocycles. The second-order valence-electron chi connectivity index (χ2n) is 6.72. The molecule has 26 heavy (non-hydrogen) atoms. The van der Waals surface area contributed by atoms with Crippen molar-refractivity contribution in [2.45, 2.75) is 25.4 Å². The van der Waals surface area contributed by atoms with Crippen molar-refractivity contribution in [2.24, 2.45) is 5.92 Å². The Hall–Kier alpha value is -2.09. The van der Waals surface area contributed by atoms with Gasteiger partial charge in [0.05, 0.1) is 5.56 Å². The first kappa shape index (κ1) is 18.7. The van der Waals surface area contributed by atoms with Crippen LogP contribution < -0.4 is 10.2 Å². The van der Waals surface area contributed by atoms with Gasteiger partial charge >= 0.3 is 6.18 Å². The molecule has 2 fully saturated rings. The van der Waals surface area contributed by atoms with Crippen LogP contribution in [0.2, 0.25) is 0 Å². The van der Waals surface area contributed by atoms with Gasteiger partial charge < -0.3 is 15.1 Å². The molecule has 2 aliphatic rings. The quantitative estimate of drug-likeness (QED) is 0.811. The zero-order chi connectivity index (χ0) is 18.7. The van der Waals surface area contributed by atoms with Gasteiger partial charge in [-0.2, -0.15) is 13.2 Å². The van der Waals surface area contributed by atoms with Gasteiger partial charge in [-0.15, -0.1) is 0 Å². The zero-order valence-corrected chi connectivity index (χ0v) is 14.4. The number of amides is 2. The average Bonchev–Trinajstić information content (AvgIpc) is 3.24. The molecule has 2 amide bonds. The van der Waals surface area contributed by atoms with Crippen molar-refractivity contribution < 1.29 is 22.8 Å². The average molecular weight is 369 g/mol. The van der Waals surface area contributed by atoms with Gasteiger partial charge in [0.25, 0.3) is 0 Å². The third-order valence-electron chi connectivity index (χ3n) is 4.93. The first-order chi connectivity index (χ1) is 12.4. The first-order valence-corrected chi connectivity index (χ1v) is 8.85. The molecule has 0 saturated carbocycles. The van der Waals surface area contributed by atoms with Crippen molar-refractivity contribution in [3.8, 4) is 0 Å². The van der Waals surface area contributed by atoms with Crippen LogP contribution in [0.15, 0.2) is 24.3 Å². The van der Waals surface area contributed by atoms with Crippen LogP contribution in [0.5, 0.6) is 0 Å². The fraction of sp³-hybridized carbons (Fsp3) is 0.556. The minimum absolute atomic E-state index is 0.178. The lowest BCUT2D eigenvalue weighted by atomic mass is 10.1. The van der Waals surface area contributed by atoms with Crippen molar-refractivity contribution in [1.29, 1.82) is 0 Å². The number of nitrogens with zero attached hydrogens (tertiary/aromatic N) is 2. The van der Waals surface area contributed by atoms with Crippen LogP contribution in [0.4, 0.5) is 18.9 Å². The molecule has 0 aromatic heterocycles. The molecule has 3 rings (SSSR count). The first-order valence-electron chi connectivity index (χ1n) is 8.85. The van der Waals surface area contributed by atoms with E-state index in [0.717, 1.165) is 31.8 Å². The Morgan fingerprint density at radius 3 is 2.62 bits per heavy atom. The number of likely N-dealkylation sites (tertiary alicyclic amines) is 1. The maximum absolute atomic E-state index is 12.9. The topological polar surface area (TPSA) is 52.7 Å². The summed E-state index contributed by atoms with van der Waals surface area (Å²) in [6.07, 6.45) is -1.82. The van der Waals surface area contributed by atoms with E-state index in [1.165, 1.54) is 29.9 Å². The Labute approximate surface area is 150 Å². The molecular weight excluding hydrogens is 347 g/mol. The number of carbonyl (C=O) groups excluding carboxylic acids is 2. The monoisotopic (exact) mass is 369 g/mol. The molecule has 0 radical (unpaired) electrons.